The average Bonchev–Trinajstić information content (AvgIpc) is 3.40. The smallest absolute Gasteiger partial charge is 0.256 e. The molecule has 3 saturated heterocycles. The highest BCUT2D eigenvalue weighted by Gasteiger charge is 2.66. The highest BCUT2D eigenvalue weighted by atomic mass is 16.5. The van der Waals surface area contributed by atoms with Gasteiger partial charge in [0, 0.05) is 46.2 Å². The molecule has 1 aromatic rings. The van der Waals surface area contributed by atoms with Gasteiger partial charge in [0.2, 0.25) is 11.8 Å². The Hall–Kier alpha value is -2.94. The summed E-state index contributed by atoms with van der Waals surface area (Å²) in [4.78, 5) is 48.9. The molecule has 5 aliphatic heterocycles. The molecule has 0 radical (unpaired) electrons. The Kier molecular flexibility index (Phi) is 3.68. The molecule has 2 spiro atoms. The first-order valence-electron chi connectivity index (χ1n) is 10.8. The number of likely N-dealkylation sites (N-methyl/N-ethyl adjacent to an activating group) is 1. The number of rotatable bonds is 1. The van der Waals surface area contributed by atoms with Gasteiger partial charge in [-0.05, 0) is 12.1 Å². The molecule has 0 aromatic carbocycles. The molecular weight excluding hydrogens is 398 g/mol. The second-order valence-corrected chi connectivity index (χ2v) is 9.34. The van der Waals surface area contributed by atoms with Crippen molar-refractivity contribution < 1.29 is 19.1 Å². The van der Waals surface area contributed by atoms with Crippen molar-refractivity contribution in [2.24, 2.45) is 11.8 Å². The van der Waals surface area contributed by atoms with E-state index in [1.54, 1.807) is 30.3 Å². The minimum absolute atomic E-state index is 0.0133. The molecule has 3 amide bonds. The van der Waals surface area contributed by atoms with Crippen molar-refractivity contribution in [1.82, 2.24) is 20.1 Å². The summed E-state index contributed by atoms with van der Waals surface area (Å²) in [5.74, 6) is -0.418. The molecule has 0 saturated carbocycles. The average molecular weight is 423 g/mol. The molecule has 1 N–H and O–H groups in total. The highest BCUT2D eigenvalue weighted by molar-refractivity contribution is 6.01. The Morgan fingerprint density at radius 2 is 2.03 bits per heavy atom. The molecule has 6 rings (SSSR count). The van der Waals surface area contributed by atoms with Gasteiger partial charge in [-0.3, -0.25) is 14.4 Å². The number of pyridine rings is 1. The van der Waals surface area contributed by atoms with Crippen molar-refractivity contribution in [1.29, 1.82) is 0 Å². The van der Waals surface area contributed by atoms with Crippen LogP contribution in [-0.4, -0.2) is 83.6 Å². The zero-order valence-corrected chi connectivity index (χ0v) is 17.6. The largest absolute Gasteiger partial charge is 0.360 e. The lowest BCUT2D eigenvalue weighted by Gasteiger charge is -2.51. The number of nitrogens with zero attached hydrogens (tertiary/aromatic N) is 4. The first-order valence-corrected chi connectivity index (χ1v) is 10.8. The number of amides is 3. The van der Waals surface area contributed by atoms with E-state index in [4.69, 9.17) is 4.74 Å². The Morgan fingerprint density at radius 1 is 1.26 bits per heavy atom. The van der Waals surface area contributed by atoms with E-state index in [1.807, 2.05) is 29.0 Å². The molecule has 9 nitrogen and oxygen atoms in total. The molecule has 4 atom stereocenters. The minimum Gasteiger partial charge on any atom is -0.360 e. The standard InChI is InChI=1S/C22H25N5O4/c1-25-12-21-6-5-14(31-21)15(16(21)20(25)30)19(29)27-10-7-22(8-11-27)24-18(28)13-4-3-9-23-17(13)26(22)2/h3-6,9,14-16H,7-8,10-12H2,1-2H3,(H,24,28)/t14-,15+,16-,21-/m1/s1. The van der Waals surface area contributed by atoms with E-state index in [2.05, 4.69) is 10.3 Å². The zero-order valence-electron chi connectivity index (χ0n) is 17.6. The SMILES string of the molecule is CN1C[C@@]23C=C[C@@H](O2)[C@H](C(=O)N2CCC4(CC2)NC(=O)c2cccnc2N4C)[C@@H]3C1=O. The van der Waals surface area contributed by atoms with E-state index < -0.39 is 23.1 Å². The Bertz CT molecular complexity index is 1030. The molecule has 3 fully saturated rings. The molecule has 9 heteroatoms. The van der Waals surface area contributed by atoms with Crippen molar-refractivity contribution in [2.45, 2.75) is 30.2 Å². The van der Waals surface area contributed by atoms with Crippen LogP contribution in [-0.2, 0) is 14.3 Å². The maximum absolute atomic E-state index is 13.5. The number of piperidine rings is 1. The third kappa shape index (κ3) is 2.35. The molecule has 2 bridgehead atoms. The Morgan fingerprint density at radius 3 is 2.81 bits per heavy atom. The fraction of sp³-hybridized carbons (Fsp3) is 0.545. The molecule has 1 aromatic heterocycles. The van der Waals surface area contributed by atoms with E-state index in [0.29, 0.717) is 43.9 Å². The summed E-state index contributed by atoms with van der Waals surface area (Å²) in [6, 6.07) is 3.53. The van der Waals surface area contributed by atoms with Gasteiger partial charge in [-0.15, -0.1) is 0 Å². The summed E-state index contributed by atoms with van der Waals surface area (Å²) >= 11 is 0. The van der Waals surface area contributed by atoms with Gasteiger partial charge in [0.15, 0.2) is 0 Å². The summed E-state index contributed by atoms with van der Waals surface area (Å²) in [7, 11) is 3.70. The van der Waals surface area contributed by atoms with Crippen LogP contribution in [0, 0.1) is 11.8 Å². The number of nitrogens with one attached hydrogen (secondary N) is 1. The van der Waals surface area contributed by atoms with Crippen LogP contribution in [0.2, 0.25) is 0 Å². The highest BCUT2D eigenvalue weighted by Crippen LogP contribution is 2.52. The number of anilines is 1. The predicted molar refractivity (Wildman–Crippen MR) is 110 cm³/mol. The third-order valence-electron chi connectivity index (χ3n) is 7.81. The van der Waals surface area contributed by atoms with E-state index >= 15 is 0 Å². The van der Waals surface area contributed by atoms with Crippen LogP contribution in [0.5, 0.6) is 0 Å². The van der Waals surface area contributed by atoms with Gasteiger partial charge in [0.1, 0.15) is 17.1 Å². The van der Waals surface area contributed by atoms with Crippen LogP contribution < -0.4 is 10.2 Å². The van der Waals surface area contributed by atoms with Gasteiger partial charge >= 0.3 is 0 Å². The van der Waals surface area contributed by atoms with Gasteiger partial charge in [0.05, 0.1) is 30.0 Å². The van der Waals surface area contributed by atoms with Gasteiger partial charge in [0.25, 0.3) is 5.91 Å². The zero-order chi connectivity index (χ0) is 21.5. The fourth-order valence-corrected chi connectivity index (χ4v) is 6.15. The van der Waals surface area contributed by atoms with Crippen LogP contribution in [0.3, 0.4) is 0 Å². The lowest BCUT2D eigenvalue weighted by molar-refractivity contribution is -0.144. The molecule has 6 heterocycles. The summed E-state index contributed by atoms with van der Waals surface area (Å²) in [5.41, 5.74) is -0.652. The van der Waals surface area contributed by atoms with E-state index in [0.717, 1.165) is 0 Å². The number of carbonyl (C=O) groups is 3. The number of ether oxygens (including phenoxy) is 1. The molecule has 0 aliphatic carbocycles. The second-order valence-electron chi connectivity index (χ2n) is 9.34. The summed E-state index contributed by atoms with van der Waals surface area (Å²) < 4.78 is 6.13. The van der Waals surface area contributed by atoms with Gasteiger partial charge < -0.3 is 24.8 Å². The maximum Gasteiger partial charge on any atom is 0.256 e. The third-order valence-corrected chi connectivity index (χ3v) is 7.81. The minimum atomic E-state index is -0.652. The topological polar surface area (TPSA) is 95.1 Å². The van der Waals surface area contributed by atoms with E-state index in [1.165, 1.54) is 0 Å². The summed E-state index contributed by atoms with van der Waals surface area (Å²) in [6.07, 6.45) is 6.45. The van der Waals surface area contributed by atoms with Crippen molar-refractivity contribution in [3.63, 3.8) is 0 Å². The fourth-order valence-electron chi connectivity index (χ4n) is 6.15. The van der Waals surface area contributed by atoms with Crippen molar-refractivity contribution in [3.05, 3.63) is 36.0 Å². The van der Waals surface area contributed by atoms with Crippen LogP contribution in [0.15, 0.2) is 30.5 Å². The van der Waals surface area contributed by atoms with Crippen LogP contribution in [0.4, 0.5) is 5.82 Å². The lowest BCUT2D eigenvalue weighted by atomic mass is 9.76. The monoisotopic (exact) mass is 423 g/mol. The number of carbonyl (C=O) groups excluding carboxylic acids is 3. The van der Waals surface area contributed by atoms with Crippen molar-refractivity contribution in [2.75, 3.05) is 38.6 Å². The van der Waals surface area contributed by atoms with Gasteiger partial charge in [-0.2, -0.15) is 0 Å². The molecule has 31 heavy (non-hydrogen) atoms. The normalized spacial score (nSPS) is 34.9. The van der Waals surface area contributed by atoms with Gasteiger partial charge in [-0.25, -0.2) is 4.98 Å². The molecular formula is C22H25N5O4. The lowest BCUT2D eigenvalue weighted by Crippen LogP contribution is -2.67. The Balaban J connectivity index is 1.22. The number of hydrogen-bond donors (Lipinski definition) is 1. The van der Waals surface area contributed by atoms with E-state index in [9.17, 15) is 14.4 Å². The molecule has 162 valence electrons. The number of fused-ring (bicyclic) bond motifs is 2. The van der Waals surface area contributed by atoms with Crippen molar-refractivity contribution >= 4 is 23.5 Å². The first kappa shape index (κ1) is 18.8. The summed E-state index contributed by atoms with van der Waals surface area (Å²) in [6.45, 7) is 1.50. The van der Waals surface area contributed by atoms with Crippen molar-refractivity contribution in [3.8, 4) is 0 Å². The first-order chi connectivity index (χ1) is 14.9. The molecule has 5 aliphatic rings. The van der Waals surface area contributed by atoms with Crippen LogP contribution in [0.25, 0.3) is 0 Å². The Labute approximate surface area is 180 Å². The van der Waals surface area contributed by atoms with Crippen LogP contribution >= 0.6 is 0 Å². The quantitative estimate of drug-likeness (QED) is 0.639. The number of hydrogen-bond acceptors (Lipinski definition) is 6. The summed E-state index contributed by atoms with van der Waals surface area (Å²) in [5, 5.41) is 3.15. The number of aromatic nitrogens is 1. The van der Waals surface area contributed by atoms with E-state index in [-0.39, 0.29) is 23.8 Å². The number of likely N-dealkylation sites (tertiary alicyclic amines) is 2. The molecule has 0 unspecified atom stereocenters. The van der Waals surface area contributed by atoms with Gasteiger partial charge in [-0.1, -0.05) is 12.2 Å². The second kappa shape index (κ2) is 6.06. The predicted octanol–water partition coefficient (Wildman–Crippen LogP) is -0.00830. The van der Waals surface area contributed by atoms with Crippen LogP contribution in [0.1, 0.15) is 23.2 Å². The maximum atomic E-state index is 13.5.